The van der Waals surface area contributed by atoms with Crippen LogP contribution in [0.3, 0.4) is 0 Å². The maximum absolute atomic E-state index is 11.3. The highest BCUT2D eigenvalue weighted by molar-refractivity contribution is 6.76. The van der Waals surface area contributed by atoms with Crippen molar-refractivity contribution in [3.8, 4) is 11.3 Å². The molecule has 0 aliphatic carbocycles. The van der Waals surface area contributed by atoms with Crippen molar-refractivity contribution in [2.75, 3.05) is 6.61 Å². The molecule has 2 rings (SSSR count). The highest BCUT2D eigenvalue weighted by Gasteiger charge is 2.17. The third-order valence-electron chi connectivity index (χ3n) is 3.87. The molecule has 1 N–H and O–H groups in total. The molecule has 0 radical (unpaired) electrons. The van der Waals surface area contributed by atoms with Crippen LogP contribution in [0.5, 0.6) is 0 Å². The minimum atomic E-state index is -1.15. The van der Waals surface area contributed by atoms with Crippen LogP contribution in [0.25, 0.3) is 11.3 Å². The molecule has 0 saturated heterocycles. The van der Waals surface area contributed by atoms with Gasteiger partial charge < -0.3 is 9.84 Å². The summed E-state index contributed by atoms with van der Waals surface area (Å²) in [6, 6.07) is 8.79. The Morgan fingerprint density at radius 3 is 2.54 bits per heavy atom. The standard InChI is InChI=1S/C18H26N2O3Si/c1-13-6-7-15(14(2)10-13)17-11-16(18(21)22)19-20(17)12-23-8-9-24(3,4)5/h6-7,10-11H,8-9,12H2,1-5H3,(H,21,22). The Kier molecular flexibility index (Phi) is 5.61. The van der Waals surface area contributed by atoms with E-state index in [2.05, 4.69) is 30.8 Å². The number of aromatic carboxylic acids is 1. The summed E-state index contributed by atoms with van der Waals surface area (Å²) in [6.07, 6.45) is 0. The lowest BCUT2D eigenvalue weighted by Gasteiger charge is -2.16. The summed E-state index contributed by atoms with van der Waals surface area (Å²) < 4.78 is 7.40. The van der Waals surface area contributed by atoms with Crippen molar-refractivity contribution in [3.05, 3.63) is 41.1 Å². The van der Waals surface area contributed by atoms with Crippen LogP contribution < -0.4 is 0 Å². The van der Waals surface area contributed by atoms with E-state index in [4.69, 9.17) is 4.74 Å². The van der Waals surface area contributed by atoms with Crippen LogP contribution in [0.4, 0.5) is 0 Å². The van der Waals surface area contributed by atoms with Gasteiger partial charge in [0.05, 0.1) is 5.69 Å². The van der Waals surface area contributed by atoms with E-state index in [-0.39, 0.29) is 12.4 Å². The van der Waals surface area contributed by atoms with Gasteiger partial charge in [-0.05, 0) is 31.5 Å². The van der Waals surface area contributed by atoms with Gasteiger partial charge in [0.2, 0.25) is 0 Å². The van der Waals surface area contributed by atoms with Gasteiger partial charge in [-0.15, -0.1) is 0 Å². The van der Waals surface area contributed by atoms with Crippen LogP contribution >= 0.6 is 0 Å². The van der Waals surface area contributed by atoms with Gasteiger partial charge in [-0.25, -0.2) is 9.48 Å². The highest BCUT2D eigenvalue weighted by atomic mass is 28.3. The first kappa shape index (κ1) is 18.4. The Bertz CT molecular complexity index is 732. The molecule has 6 heteroatoms. The third kappa shape index (κ3) is 4.78. The van der Waals surface area contributed by atoms with E-state index in [1.165, 1.54) is 5.56 Å². The Morgan fingerprint density at radius 2 is 1.96 bits per heavy atom. The van der Waals surface area contributed by atoms with Gasteiger partial charge in [0.15, 0.2) is 5.69 Å². The summed E-state index contributed by atoms with van der Waals surface area (Å²) in [5.74, 6) is -1.03. The molecule has 5 nitrogen and oxygen atoms in total. The zero-order valence-electron chi connectivity index (χ0n) is 15.1. The summed E-state index contributed by atoms with van der Waals surface area (Å²) in [4.78, 5) is 11.3. The first-order chi connectivity index (χ1) is 11.2. The van der Waals surface area contributed by atoms with Gasteiger partial charge in [0, 0.05) is 20.2 Å². The average molecular weight is 347 g/mol. The molecule has 0 aliphatic rings. The van der Waals surface area contributed by atoms with Gasteiger partial charge in [0.1, 0.15) is 6.73 Å². The van der Waals surface area contributed by atoms with Crippen LogP contribution in [0.15, 0.2) is 24.3 Å². The summed E-state index contributed by atoms with van der Waals surface area (Å²) in [5, 5.41) is 13.4. The molecule has 130 valence electrons. The fourth-order valence-electron chi connectivity index (χ4n) is 2.47. The van der Waals surface area contributed by atoms with E-state index in [9.17, 15) is 9.90 Å². The maximum Gasteiger partial charge on any atom is 0.356 e. The average Bonchev–Trinajstić information content (AvgIpc) is 2.87. The lowest BCUT2D eigenvalue weighted by molar-refractivity contribution is 0.0673. The second-order valence-electron chi connectivity index (χ2n) is 7.39. The number of hydrogen-bond acceptors (Lipinski definition) is 3. The third-order valence-corrected chi connectivity index (χ3v) is 5.57. The normalized spacial score (nSPS) is 11.7. The van der Waals surface area contributed by atoms with Crippen LogP contribution in [0.2, 0.25) is 25.7 Å². The van der Waals surface area contributed by atoms with Crippen molar-refractivity contribution in [1.82, 2.24) is 9.78 Å². The minimum absolute atomic E-state index is 0.0405. The van der Waals surface area contributed by atoms with Gasteiger partial charge in [-0.3, -0.25) is 0 Å². The number of benzene rings is 1. The number of ether oxygens (including phenoxy) is 1. The topological polar surface area (TPSA) is 64.3 Å². The van der Waals surface area contributed by atoms with E-state index in [0.717, 1.165) is 22.9 Å². The van der Waals surface area contributed by atoms with Crippen molar-refractivity contribution >= 4 is 14.0 Å². The lowest BCUT2D eigenvalue weighted by atomic mass is 10.0. The molecular weight excluding hydrogens is 320 g/mol. The molecule has 0 amide bonds. The van der Waals surface area contributed by atoms with Crippen LogP contribution in [0, 0.1) is 13.8 Å². The fraction of sp³-hybridized carbons (Fsp3) is 0.444. The second kappa shape index (κ2) is 7.32. The van der Waals surface area contributed by atoms with Gasteiger partial charge in [0.25, 0.3) is 0 Å². The van der Waals surface area contributed by atoms with Crippen molar-refractivity contribution in [1.29, 1.82) is 0 Å². The number of carbonyl (C=O) groups is 1. The number of rotatable bonds is 7. The predicted molar refractivity (Wildman–Crippen MR) is 98.2 cm³/mol. The Hall–Kier alpha value is -1.92. The Balaban J connectivity index is 2.25. The first-order valence-corrected chi connectivity index (χ1v) is 11.8. The predicted octanol–water partition coefficient (Wildman–Crippen LogP) is 4.18. The van der Waals surface area contributed by atoms with Crippen LogP contribution in [-0.2, 0) is 11.5 Å². The molecule has 0 bridgehead atoms. The van der Waals surface area contributed by atoms with Crippen LogP contribution in [-0.4, -0.2) is 35.5 Å². The molecular formula is C18H26N2O3Si. The van der Waals surface area contributed by atoms with Crippen molar-refractivity contribution in [2.24, 2.45) is 0 Å². The van der Waals surface area contributed by atoms with Crippen molar-refractivity contribution in [3.63, 3.8) is 0 Å². The molecule has 0 fully saturated rings. The van der Waals surface area contributed by atoms with Gasteiger partial charge in [-0.2, -0.15) is 5.10 Å². The van der Waals surface area contributed by atoms with E-state index < -0.39 is 14.0 Å². The van der Waals surface area contributed by atoms with E-state index in [1.807, 2.05) is 26.0 Å². The first-order valence-electron chi connectivity index (χ1n) is 8.14. The molecule has 0 unspecified atom stereocenters. The summed E-state index contributed by atoms with van der Waals surface area (Å²) in [5.41, 5.74) is 4.06. The number of aryl methyl sites for hydroxylation is 2. The molecule has 0 atom stereocenters. The number of nitrogens with zero attached hydrogens (tertiary/aromatic N) is 2. The summed E-state index contributed by atoms with van der Waals surface area (Å²) >= 11 is 0. The SMILES string of the molecule is Cc1ccc(-c2cc(C(=O)O)nn2COCC[Si](C)(C)C)c(C)c1. The van der Waals surface area contributed by atoms with Gasteiger partial charge >= 0.3 is 5.97 Å². The molecule has 24 heavy (non-hydrogen) atoms. The van der Waals surface area contributed by atoms with E-state index in [1.54, 1.807) is 10.7 Å². The zero-order valence-corrected chi connectivity index (χ0v) is 16.1. The smallest absolute Gasteiger partial charge is 0.356 e. The number of aromatic nitrogens is 2. The molecule has 0 spiro atoms. The fourth-order valence-corrected chi connectivity index (χ4v) is 3.22. The molecule has 0 aliphatic heterocycles. The Morgan fingerprint density at radius 1 is 1.25 bits per heavy atom. The van der Waals surface area contributed by atoms with E-state index >= 15 is 0 Å². The number of carboxylic acid groups (broad SMARTS) is 1. The minimum Gasteiger partial charge on any atom is -0.476 e. The summed E-state index contributed by atoms with van der Waals surface area (Å²) in [7, 11) is -1.15. The molecule has 1 aromatic heterocycles. The van der Waals surface area contributed by atoms with Gasteiger partial charge in [-0.1, -0.05) is 43.4 Å². The molecule has 1 heterocycles. The molecule has 2 aromatic rings. The zero-order chi connectivity index (χ0) is 17.9. The number of hydrogen-bond donors (Lipinski definition) is 1. The summed E-state index contributed by atoms with van der Waals surface area (Å²) in [6.45, 7) is 11.9. The molecule has 1 aromatic carbocycles. The van der Waals surface area contributed by atoms with Crippen molar-refractivity contribution in [2.45, 2.75) is 46.3 Å². The second-order valence-corrected chi connectivity index (χ2v) is 13.0. The largest absolute Gasteiger partial charge is 0.476 e. The van der Waals surface area contributed by atoms with Crippen LogP contribution in [0.1, 0.15) is 21.6 Å². The Labute approximate surface area is 144 Å². The monoisotopic (exact) mass is 346 g/mol. The lowest BCUT2D eigenvalue weighted by Crippen LogP contribution is -2.22. The van der Waals surface area contributed by atoms with Crippen molar-refractivity contribution < 1.29 is 14.6 Å². The van der Waals surface area contributed by atoms with E-state index in [0.29, 0.717) is 6.61 Å². The quantitative estimate of drug-likeness (QED) is 0.603. The highest BCUT2D eigenvalue weighted by Crippen LogP contribution is 2.25. The molecule has 0 saturated carbocycles. The maximum atomic E-state index is 11.3. The number of carboxylic acids is 1.